The number of carbonyl (C=O) groups excluding carboxylic acids is 1. The number of ether oxygens (including phenoxy) is 1. The van der Waals surface area contributed by atoms with Crippen molar-refractivity contribution in [1.29, 1.82) is 0 Å². The van der Waals surface area contributed by atoms with Crippen molar-refractivity contribution in [3.05, 3.63) is 28.8 Å². The molecule has 3 nitrogen and oxygen atoms in total. The summed E-state index contributed by atoms with van der Waals surface area (Å²) in [6.45, 7) is 0. The van der Waals surface area contributed by atoms with Crippen molar-refractivity contribution in [3.63, 3.8) is 0 Å². The maximum Gasteiger partial charge on any atom is 0.324 e. The van der Waals surface area contributed by atoms with E-state index in [4.69, 9.17) is 16.7 Å². The minimum absolute atomic E-state index is 0.0586. The third-order valence-electron chi connectivity index (χ3n) is 1.67. The van der Waals surface area contributed by atoms with E-state index in [1.807, 2.05) is 0 Å². The third-order valence-corrected chi connectivity index (χ3v) is 2.86. The number of alkyl halides is 1. The second-order valence-corrected chi connectivity index (χ2v) is 3.91. The lowest BCUT2D eigenvalue weighted by molar-refractivity contribution is -0.139. The van der Waals surface area contributed by atoms with E-state index in [-0.39, 0.29) is 5.75 Å². The van der Waals surface area contributed by atoms with Crippen LogP contribution >= 0.6 is 27.5 Å². The molecule has 0 radical (unpaired) electrons. The molecule has 1 rings (SSSR count). The molecule has 0 fully saturated rings. The maximum atomic E-state index is 11.2. The average Bonchev–Trinajstić information content (AvgIpc) is 2.15. The van der Waals surface area contributed by atoms with Crippen molar-refractivity contribution in [2.24, 2.45) is 0 Å². The molecule has 14 heavy (non-hydrogen) atoms. The summed E-state index contributed by atoms with van der Waals surface area (Å²) in [5.74, 6) is -0.374. The van der Waals surface area contributed by atoms with Gasteiger partial charge in [0.2, 0.25) is 0 Å². The molecule has 1 aromatic rings. The zero-order chi connectivity index (χ0) is 10.7. The Labute approximate surface area is 94.8 Å². The summed E-state index contributed by atoms with van der Waals surface area (Å²) in [7, 11) is 1.30. The largest absolute Gasteiger partial charge is 0.508 e. The second kappa shape index (κ2) is 4.66. The average molecular weight is 280 g/mol. The van der Waals surface area contributed by atoms with Crippen LogP contribution < -0.4 is 0 Å². The molecule has 1 unspecified atom stereocenters. The standard InChI is InChI=1S/C9H8BrClO3/c1-14-9(13)8(10)6-3-2-5(12)4-7(6)11/h2-4,8,12H,1H3. The fourth-order valence-corrected chi connectivity index (χ4v) is 1.95. The van der Waals surface area contributed by atoms with Gasteiger partial charge in [0.15, 0.2) is 0 Å². The van der Waals surface area contributed by atoms with Crippen molar-refractivity contribution >= 4 is 33.5 Å². The summed E-state index contributed by atoms with van der Waals surface area (Å²) in [6, 6.07) is 4.39. The molecule has 1 aromatic carbocycles. The molecule has 0 aromatic heterocycles. The molecular weight excluding hydrogens is 271 g/mol. The Morgan fingerprint density at radius 1 is 1.64 bits per heavy atom. The summed E-state index contributed by atoms with van der Waals surface area (Å²) in [5.41, 5.74) is 0.566. The summed E-state index contributed by atoms with van der Waals surface area (Å²) in [5, 5.41) is 9.42. The molecule has 0 aliphatic heterocycles. The molecule has 0 saturated carbocycles. The fraction of sp³-hybridized carbons (Fsp3) is 0.222. The molecule has 0 aliphatic carbocycles. The van der Waals surface area contributed by atoms with Crippen molar-refractivity contribution in [2.75, 3.05) is 7.11 Å². The topological polar surface area (TPSA) is 46.5 Å². The van der Waals surface area contributed by atoms with E-state index in [1.54, 1.807) is 6.07 Å². The number of esters is 1. The lowest BCUT2D eigenvalue weighted by Crippen LogP contribution is -2.08. The number of aromatic hydroxyl groups is 1. The van der Waals surface area contributed by atoms with Crippen LogP contribution in [-0.2, 0) is 9.53 Å². The van der Waals surface area contributed by atoms with Crippen molar-refractivity contribution in [3.8, 4) is 5.75 Å². The maximum absolute atomic E-state index is 11.2. The third kappa shape index (κ3) is 2.39. The molecule has 1 N–H and O–H groups in total. The fourth-order valence-electron chi connectivity index (χ4n) is 0.952. The van der Waals surface area contributed by atoms with E-state index in [0.29, 0.717) is 10.6 Å². The smallest absolute Gasteiger partial charge is 0.324 e. The van der Waals surface area contributed by atoms with Crippen molar-refractivity contribution in [1.82, 2.24) is 0 Å². The van der Waals surface area contributed by atoms with Crippen LogP contribution in [-0.4, -0.2) is 18.2 Å². The lowest BCUT2D eigenvalue weighted by Gasteiger charge is -2.09. The van der Waals surface area contributed by atoms with E-state index in [1.165, 1.54) is 19.2 Å². The predicted octanol–water partition coefficient (Wildman–Crippen LogP) is 2.65. The van der Waals surface area contributed by atoms with Gasteiger partial charge in [0, 0.05) is 5.02 Å². The minimum atomic E-state index is -0.611. The zero-order valence-electron chi connectivity index (χ0n) is 7.33. The Bertz CT molecular complexity index is 354. The molecule has 0 amide bonds. The molecule has 5 heteroatoms. The second-order valence-electron chi connectivity index (χ2n) is 2.59. The van der Waals surface area contributed by atoms with E-state index < -0.39 is 10.8 Å². The number of phenols is 1. The van der Waals surface area contributed by atoms with E-state index in [0.717, 1.165) is 0 Å². The van der Waals surface area contributed by atoms with Crippen LogP contribution in [0.4, 0.5) is 0 Å². The molecule has 0 aliphatic rings. The van der Waals surface area contributed by atoms with Crippen molar-refractivity contribution < 1.29 is 14.6 Å². The van der Waals surface area contributed by atoms with Crippen LogP contribution in [0.2, 0.25) is 5.02 Å². The number of phenolic OH excluding ortho intramolecular Hbond substituents is 1. The Morgan fingerprint density at radius 3 is 2.79 bits per heavy atom. The van der Waals surface area contributed by atoms with Gasteiger partial charge in [0.1, 0.15) is 10.6 Å². The summed E-state index contributed by atoms with van der Waals surface area (Å²) >= 11 is 8.97. The Morgan fingerprint density at radius 2 is 2.29 bits per heavy atom. The van der Waals surface area contributed by atoms with Crippen LogP contribution in [0, 0.1) is 0 Å². The summed E-state index contributed by atoms with van der Waals surface area (Å²) < 4.78 is 4.54. The highest BCUT2D eigenvalue weighted by atomic mass is 79.9. The first kappa shape index (κ1) is 11.3. The summed E-state index contributed by atoms with van der Waals surface area (Å²) in [4.78, 5) is 10.5. The van der Waals surface area contributed by atoms with Gasteiger partial charge in [-0.15, -0.1) is 0 Å². The first-order valence-electron chi connectivity index (χ1n) is 3.76. The van der Waals surface area contributed by atoms with Gasteiger partial charge < -0.3 is 9.84 Å². The van der Waals surface area contributed by atoms with Gasteiger partial charge in [0.05, 0.1) is 7.11 Å². The molecule has 76 valence electrons. The van der Waals surface area contributed by atoms with Gasteiger partial charge in [-0.1, -0.05) is 33.6 Å². The number of benzene rings is 1. The molecule has 0 bridgehead atoms. The normalized spacial score (nSPS) is 12.2. The van der Waals surface area contributed by atoms with Crippen LogP contribution in [0.25, 0.3) is 0 Å². The number of halogens is 2. The van der Waals surface area contributed by atoms with Crippen LogP contribution in [0.5, 0.6) is 5.75 Å². The van der Waals surface area contributed by atoms with Gasteiger partial charge in [-0.25, -0.2) is 0 Å². The number of methoxy groups -OCH3 is 1. The number of rotatable bonds is 2. The van der Waals surface area contributed by atoms with Gasteiger partial charge in [-0.3, -0.25) is 4.79 Å². The molecular formula is C9H8BrClO3. The highest BCUT2D eigenvalue weighted by Gasteiger charge is 2.20. The Balaban J connectivity index is 3.01. The molecule has 0 heterocycles. The van der Waals surface area contributed by atoms with Gasteiger partial charge >= 0.3 is 5.97 Å². The van der Waals surface area contributed by atoms with Gasteiger partial charge in [0.25, 0.3) is 0 Å². The van der Waals surface area contributed by atoms with E-state index in [9.17, 15) is 4.79 Å². The first-order chi connectivity index (χ1) is 6.56. The highest BCUT2D eigenvalue weighted by Crippen LogP contribution is 2.32. The predicted molar refractivity (Wildman–Crippen MR) is 56.8 cm³/mol. The molecule has 0 saturated heterocycles. The first-order valence-corrected chi connectivity index (χ1v) is 5.06. The molecule has 1 atom stereocenters. The highest BCUT2D eigenvalue weighted by molar-refractivity contribution is 9.09. The Hall–Kier alpha value is -0.740. The van der Waals surface area contributed by atoms with Crippen LogP contribution in [0.3, 0.4) is 0 Å². The number of hydrogen-bond acceptors (Lipinski definition) is 3. The monoisotopic (exact) mass is 278 g/mol. The molecule has 0 spiro atoms. The number of carbonyl (C=O) groups is 1. The van der Waals surface area contributed by atoms with Crippen LogP contribution in [0.1, 0.15) is 10.4 Å². The number of hydrogen-bond donors (Lipinski definition) is 1. The van der Waals surface area contributed by atoms with E-state index >= 15 is 0 Å². The Kier molecular flexibility index (Phi) is 3.77. The zero-order valence-corrected chi connectivity index (χ0v) is 9.67. The van der Waals surface area contributed by atoms with Gasteiger partial charge in [-0.2, -0.15) is 0 Å². The van der Waals surface area contributed by atoms with Crippen LogP contribution in [0.15, 0.2) is 18.2 Å². The van der Waals surface area contributed by atoms with Crippen molar-refractivity contribution in [2.45, 2.75) is 4.83 Å². The SMILES string of the molecule is COC(=O)C(Br)c1ccc(O)cc1Cl. The van der Waals surface area contributed by atoms with E-state index in [2.05, 4.69) is 20.7 Å². The lowest BCUT2D eigenvalue weighted by atomic mass is 10.1. The van der Waals surface area contributed by atoms with Gasteiger partial charge in [-0.05, 0) is 17.7 Å². The summed E-state index contributed by atoms with van der Waals surface area (Å²) in [6.07, 6.45) is 0. The minimum Gasteiger partial charge on any atom is -0.508 e. The quantitative estimate of drug-likeness (QED) is 0.669.